The molecule has 0 bridgehead atoms. The number of ether oxygens (including phenoxy) is 1. The van der Waals surface area contributed by atoms with Gasteiger partial charge in [-0.1, -0.05) is 31.2 Å². The number of rotatable bonds is 11. The fourth-order valence-electron chi connectivity index (χ4n) is 4.85. The van der Waals surface area contributed by atoms with Gasteiger partial charge in [0.15, 0.2) is 11.6 Å². The van der Waals surface area contributed by atoms with Crippen molar-refractivity contribution >= 4 is 22.9 Å². The molecule has 1 amide bonds. The second kappa shape index (κ2) is 13.1. The van der Waals surface area contributed by atoms with Crippen LogP contribution < -0.4 is 15.0 Å². The third-order valence-electron chi connectivity index (χ3n) is 6.83. The standard InChI is InChI=1S/C29H35F2N3O2S/c1-3-29(35)34(23-10-11-24(30)25(31)19-23)22-13-16-33(17-14-22)20-21-7-4-5-8-26(21)36-27(12-15-32-2)28-9-6-18-37-28/h4-11,18-19,22,27,32H,3,12-17,20H2,1-2H3. The van der Waals surface area contributed by atoms with Crippen molar-refractivity contribution in [3.8, 4) is 5.75 Å². The van der Waals surface area contributed by atoms with Gasteiger partial charge in [0, 0.05) is 60.7 Å². The third-order valence-corrected chi connectivity index (χ3v) is 7.79. The number of likely N-dealkylation sites (tertiary alicyclic amines) is 1. The molecule has 1 fully saturated rings. The Labute approximate surface area is 222 Å². The predicted octanol–water partition coefficient (Wildman–Crippen LogP) is 6.16. The van der Waals surface area contributed by atoms with E-state index in [1.165, 1.54) is 10.9 Å². The Morgan fingerprint density at radius 2 is 1.92 bits per heavy atom. The molecule has 3 aromatic rings. The van der Waals surface area contributed by atoms with Gasteiger partial charge in [0.25, 0.3) is 0 Å². The lowest BCUT2D eigenvalue weighted by Crippen LogP contribution is -2.47. The van der Waals surface area contributed by atoms with Crippen LogP contribution in [0.25, 0.3) is 0 Å². The van der Waals surface area contributed by atoms with Crippen LogP contribution in [0.1, 0.15) is 49.2 Å². The molecule has 2 heterocycles. The summed E-state index contributed by atoms with van der Waals surface area (Å²) < 4.78 is 34.0. The highest BCUT2D eigenvalue weighted by Crippen LogP contribution is 2.32. The second-order valence-corrected chi connectivity index (χ2v) is 10.3. The lowest BCUT2D eigenvalue weighted by molar-refractivity contribution is -0.119. The zero-order valence-corrected chi connectivity index (χ0v) is 22.3. The van der Waals surface area contributed by atoms with Crippen LogP contribution in [-0.4, -0.2) is 43.5 Å². The highest BCUT2D eigenvalue weighted by Gasteiger charge is 2.29. The Morgan fingerprint density at radius 1 is 1.14 bits per heavy atom. The maximum Gasteiger partial charge on any atom is 0.226 e. The van der Waals surface area contributed by atoms with Crippen molar-refractivity contribution in [2.45, 2.75) is 51.3 Å². The molecule has 1 unspecified atom stereocenters. The lowest BCUT2D eigenvalue weighted by atomic mass is 10.0. The number of carbonyl (C=O) groups is 1. The van der Waals surface area contributed by atoms with E-state index < -0.39 is 11.6 Å². The van der Waals surface area contributed by atoms with Crippen molar-refractivity contribution in [3.63, 3.8) is 0 Å². The van der Waals surface area contributed by atoms with Crippen molar-refractivity contribution in [1.29, 1.82) is 0 Å². The fourth-order valence-corrected chi connectivity index (χ4v) is 5.64. The Bertz CT molecular complexity index is 1150. The average molecular weight is 528 g/mol. The fraction of sp³-hybridized carbons (Fsp3) is 0.414. The number of hydrogen-bond donors (Lipinski definition) is 1. The molecule has 1 aromatic heterocycles. The number of hydrogen-bond acceptors (Lipinski definition) is 5. The van der Waals surface area contributed by atoms with Crippen LogP contribution in [0.2, 0.25) is 0 Å². The molecule has 4 rings (SSSR count). The van der Waals surface area contributed by atoms with Crippen LogP contribution in [0.15, 0.2) is 60.0 Å². The molecule has 1 N–H and O–H groups in total. The monoisotopic (exact) mass is 527 g/mol. The molecule has 2 aromatic carbocycles. The SMILES string of the molecule is CCC(=O)N(c1ccc(F)c(F)c1)C1CCN(Cc2ccccc2OC(CCNC)c2cccs2)CC1. The van der Waals surface area contributed by atoms with E-state index in [0.29, 0.717) is 12.1 Å². The molecule has 0 aliphatic carbocycles. The number of benzene rings is 2. The minimum Gasteiger partial charge on any atom is -0.485 e. The summed E-state index contributed by atoms with van der Waals surface area (Å²) in [6.07, 6.45) is 2.69. The van der Waals surface area contributed by atoms with Gasteiger partial charge in [-0.2, -0.15) is 0 Å². The van der Waals surface area contributed by atoms with E-state index in [0.717, 1.165) is 68.9 Å². The van der Waals surface area contributed by atoms with Gasteiger partial charge in [0.2, 0.25) is 5.91 Å². The number of amides is 1. The Hall–Kier alpha value is -2.81. The van der Waals surface area contributed by atoms with E-state index in [9.17, 15) is 13.6 Å². The molecule has 1 aliphatic heterocycles. The number of nitrogens with one attached hydrogen (secondary N) is 1. The second-order valence-electron chi connectivity index (χ2n) is 9.34. The van der Waals surface area contributed by atoms with Crippen LogP contribution in [0.4, 0.5) is 14.5 Å². The molecule has 0 saturated carbocycles. The number of anilines is 1. The lowest BCUT2D eigenvalue weighted by Gasteiger charge is -2.38. The largest absolute Gasteiger partial charge is 0.485 e. The predicted molar refractivity (Wildman–Crippen MR) is 145 cm³/mol. The number of nitrogens with zero attached hydrogens (tertiary/aromatic N) is 2. The Kier molecular flexibility index (Phi) is 9.66. The quantitative estimate of drug-likeness (QED) is 0.324. The van der Waals surface area contributed by atoms with E-state index in [1.807, 2.05) is 25.2 Å². The van der Waals surface area contributed by atoms with Gasteiger partial charge in [0.05, 0.1) is 0 Å². The number of para-hydroxylation sites is 1. The van der Waals surface area contributed by atoms with Crippen molar-refractivity contribution in [2.75, 3.05) is 31.6 Å². The maximum atomic E-state index is 13.9. The maximum absolute atomic E-state index is 13.9. The zero-order chi connectivity index (χ0) is 26.2. The van der Waals surface area contributed by atoms with Gasteiger partial charge in [0.1, 0.15) is 11.9 Å². The summed E-state index contributed by atoms with van der Waals surface area (Å²) in [5.41, 5.74) is 1.55. The topological polar surface area (TPSA) is 44.8 Å². The zero-order valence-electron chi connectivity index (χ0n) is 21.5. The summed E-state index contributed by atoms with van der Waals surface area (Å²) in [6.45, 7) is 5.00. The van der Waals surface area contributed by atoms with Crippen LogP contribution in [0.5, 0.6) is 5.75 Å². The van der Waals surface area contributed by atoms with Gasteiger partial charge in [-0.15, -0.1) is 11.3 Å². The number of carbonyl (C=O) groups excluding carboxylic acids is 1. The van der Waals surface area contributed by atoms with Crippen molar-refractivity contribution < 1.29 is 18.3 Å². The average Bonchev–Trinajstić information content (AvgIpc) is 3.45. The normalized spacial score (nSPS) is 15.5. The molecular weight excluding hydrogens is 492 g/mol. The van der Waals surface area contributed by atoms with Crippen molar-refractivity contribution in [1.82, 2.24) is 10.2 Å². The van der Waals surface area contributed by atoms with Crippen molar-refractivity contribution in [2.24, 2.45) is 0 Å². The van der Waals surface area contributed by atoms with Crippen LogP contribution in [-0.2, 0) is 11.3 Å². The summed E-state index contributed by atoms with van der Waals surface area (Å²) in [5.74, 6) is -1.03. The first-order chi connectivity index (χ1) is 18.0. The Balaban J connectivity index is 1.43. The van der Waals surface area contributed by atoms with Gasteiger partial charge >= 0.3 is 0 Å². The molecule has 1 saturated heterocycles. The van der Waals surface area contributed by atoms with E-state index >= 15 is 0 Å². The van der Waals surface area contributed by atoms with Crippen LogP contribution in [0, 0.1) is 11.6 Å². The molecule has 1 atom stereocenters. The highest BCUT2D eigenvalue weighted by atomic mass is 32.1. The molecule has 1 aliphatic rings. The molecule has 0 radical (unpaired) electrons. The summed E-state index contributed by atoms with van der Waals surface area (Å²) in [7, 11) is 1.95. The van der Waals surface area contributed by atoms with E-state index in [-0.39, 0.29) is 18.1 Å². The molecule has 0 spiro atoms. The first-order valence-corrected chi connectivity index (χ1v) is 13.8. The molecule has 37 heavy (non-hydrogen) atoms. The van der Waals surface area contributed by atoms with Crippen LogP contribution >= 0.6 is 11.3 Å². The van der Waals surface area contributed by atoms with E-state index in [2.05, 4.69) is 33.8 Å². The molecule has 8 heteroatoms. The summed E-state index contributed by atoms with van der Waals surface area (Å²) in [6, 6.07) is 16.0. The molecular formula is C29H35F2N3O2S. The number of thiophene rings is 1. The first kappa shape index (κ1) is 27.2. The highest BCUT2D eigenvalue weighted by molar-refractivity contribution is 7.10. The first-order valence-electron chi connectivity index (χ1n) is 12.9. The molecule has 198 valence electrons. The minimum absolute atomic E-state index is 0.0101. The van der Waals surface area contributed by atoms with E-state index in [4.69, 9.17) is 4.74 Å². The van der Waals surface area contributed by atoms with E-state index in [1.54, 1.807) is 23.2 Å². The van der Waals surface area contributed by atoms with Gasteiger partial charge in [-0.25, -0.2) is 8.78 Å². The number of piperidine rings is 1. The molecule has 5 nitrogen and oxygen atoms in total. The third kappa shape index (κ3) is 6.94. The van der Waals surface area contributed by atoms with Gasteiger partial charge in [-0.3, -0.25) is 9.69 Å². The van der Waals surface area contributed by atoms with Crippen LogP contribution in [0.3, 0.4) is 0 Å². The summed E-state index contributed by atoms with van der Waals surface area (Å²) in [4.78, 5) is 18.0. The van der Waals surface area contributed by atoms with Gasteiger partial charge in [-0.05, 0) is 56.1 Å². The smallest absolute Gasteiger partial charge is 0.226 e. The summed E-state index contributed by atoms with van der Waals surface area (Å²) >= 11 is 1.71. The van der Waals surface area contributed by atoms with Gasteiger partial charge < -0.3 is 15.0 Å². The Morgan fingerprint density at radius 3 is 2.59 bits per heavy atom. The van der Waals surface area contributed by atoms with Crippen molar-refractivity contribution in [3.05, 3.63) is 82.1 Å². The summed E-state index contributed by atoms with van der Waals surface area (Å²) in [5, 5.41) is 5.30. The minimum atomic E-state index is -0.934. The number of halogens is 2.